The Kier molecular flexibility index (Phi) is 7.12. The van der Waals surface area contributed by atoms with E-state index in [4.69, 9.17) is 10.00 Å². The van der Waals surface area contributed by atoms with Crippen LogP contribution < -0.4 is 15.5 Å². The van der Waals surface area contributed by atoms with Gasteiger partial charge in [-0.05, 0) is 54.1 Å². The maximum absolute atomic E-state index is 12.2. The van der Waals surface area contributed by atoms with Crippen molar-refractivity contribution >= 4 is 23.7 Å². The van der Waals surface area contributed by atoms with Gasteiger partial charge in [0, 0.05) is 23.7 Å². The number of nitrogens with one attached hydrogen (secondary N) is 2. The van der Waals surface area contributed by atoms with E-state index in [9.17, 15) is 9.59 Å². The highest BCUT2D eigenvalue weighted by molar-refractivity contribution is 5.96. The summed E-state index contributed by atoms with van der Waals surface area (Å²) in [6.07, 6.45) is 1.51. The number of hydrogen-bond donors (Lipinski definition) is 2. The number of anilines is 1. The van der Waals surface area contributed by atoms with E-state index in [2.05, 4.69) is 21.9 Å². The third-order valence-corrected chi connectivity index (χ3v) is 4.23. The number of nitrogens with zero attached hydrogens (tertiary/aromatic N) is 2. The Hall–Kier alpha value is -4.44. The van der Waals surface area contributed by atoms with Crippen LogP contribution in [0.25, 0.3) is 0 Å². The summed E-state index contributed by atoms with van der Waals surface area (Å²) in [6.45, 7) is 1.75. The summed E-state index contributed by atoms with van der Waals surface area (Å²) in [4.78, 5) is 23.3. The summed E-state index contributed by atoms with van der Waals surface area (Å²) < 4.78 is 5.86. The first-order chi connectivity index (χ1) is 15.0. The summed E-state index contributed by atoms with van der Waals surface area (Å²) >= 11 is 0. The predicted molar refractivity (Wildman–Crippen MR) is 118 cm³/mol. The highest BCUT2D eigenvalue weighted by Gasteiger charge is 2.06. The number of ether oxygens (including phenoxy) is 1. The molecule has 0 unspecified atom stereocenters. The number of hydrogen-bond acceptors (Lipinski definition) is 5. The fourth-order valence-corrected chi connectivity index (χ4v) is 2.69. The highest BCUT2D eigenvalue weighted by Crippen LogP contribution is 2.18. The number of nitriles is 1. The predicted octanol–water partition coefficient (Wildman–Crippen LogP) is 3.86. The Labute approximate surface area is 180 Å². The average Bonchev–Trinajstić information content (AvgIpc) is 2.79. The second-order valence-electron chi connectivity index (χ2n) is 6.59. The van der Waals surface area contributed by atoms with Gasteiger partial charge in [0.25, 0.3) is 5.91 Å². The molecule has 0 aliphatic rings. The van der Waals surface area contributed by atoms with E-state index in [-0.39, 0.29) is 11.8 Å². The van der Waals surface area contributed by atoms with E-state index in [1.807, 2.05) is 36.4 Å². The third-order valence-electron chi connectivity index (χ3n) is 4.23. The van der Waals surface area contributed by atoms with Gasteiger partial charge in [0.1, 0.15) is 12.4 Å². The molecule has 0 atom stereocenters. The summed E-state index contributed by atoms with van der Waals surface area (Å²) in [5.41, 5.74) is 5.74. The lowest BCUT2D eigenvalue weighted by Gasteiger charge is -2.09. The second-order valence-corrected chi connectivity index (χ2v) is 6.59. The monoisotopic (exact) mass is 412 g/mol. The smallest absolute Gasteiger partial charge is 0.271 e. The zero-order valence-corrected chi connectivity index (χ0v) is 16.8. The standard InChI is InChI=1S/C24H20N4O3/c1-17(29)27-22-12-10-20(11-13-22)24(30)28-26-15-21-4-2-3-5-23(21)31-16-19-8-6-18(14-25)7-9-19/h2-13,15H,16H2,1H3,(H,27,29)(H,28,30)/b26-15-. The molecule has 0 saturated carbocycles. The minimum atomic E-state index is -0.374. The molecular weight excluding hydrogens is 392 g/mol. The molecule has 3 aromatic rings. The van der Waals surface area contributed by atoms with Crippen LogP contribution in [0.1, 0.15) is 34.0 Å². The quantitative estimate of drug-likeness (QED) is 0.454. The maximum Gasteiger partial charge on any atom is 0.271 e. The van der Waals surface area contributed by atoms with E-state index < -0.39 is 0 Å². The van der Waals surface area contributed by atoms with Crippen LogP contribution in [0.2, 0.25) is 0 Å². The first-order valence-electron chi connectivity index (χ1n) is 9.47. The van der Waals surface area contributed by atoms with Gasteiger partial charge in [0.2, 0.25) is 5.91 Å². The average molecular weight is 412 g/mol. The van der Waals surface area contributed by atoms with Crippen molar-refractivity contribution in [3.63, 3.8) is 0 Å². The molecule has 0 radical (unpaired) electrons. The molecule has 0 fully saturated rings. The van der Waals surface area contributed by atoms with Crippen LogP contribution in [-0.4, -0.2) is 18.0 Å². The maximum atomic E-state index is 12.2. The van der Waals surface area contributed by atoms with Crippen molar-refractivity contribution in [2.45, 2.75) is 13.5 Å². The minimum Gasteiger partial charge on any atom is -0.488 e. The molecule has 0 saturated heterocycles. The van der Waals surface area contributed by atoms with Gasteiger partial charge < -0.3 is 10.1 Å². The zero-order valence-electron chi connectivity index (χ0n) is 16.8. The summed E-state index contributed by atoms with van der Waals surface area (Å²) in [6, 6.07) is 23.1. The van der Waals surface area contributed by atoms with Gasteiger partial charge >= 0.3 is 0 Å². The molecule has 0 aliphatic heterocycles. The molecule has 2 N–H and O–H groups in total. The van der Waals surface area contributed by atoms with E-state index in [1.165, 1.54) is 13.1 Å². The molecule has 31 heavy (non-hydrogen) atoms. The lowest BCUT2D eigenvalue weighted by Crippen LogP contribution is -2.17. The molecule has 3 rings (SSSR count). The van der Waals surface area contributed by atoms with Crippen molar-refractivity contribution in [2.24, 2.45) is 5.10 Å². The Morgan fingerprint density at radius 1 is 1.03 bits per heavy atom. The second kappa shape index (κ2) is 10.4. The van der Waals surface area contributed by atoms with E-state index in [0.717, 1.165) is 5.56 Å². The summed E-state index contributed by atoms with van der Waals surface area (Å²) in [7, 11) is 0. The van der Waals surface area contributed by atoms with Gasteiger partial charge in [-0.25, -0.2) is 5.43 Å². The van der Waals surface area contributed by atoms with Crippen molar-refractivity contribution in [2.75, 3.05) is 5.32 Å². The molecular formula is C24H20N4O3. The van der Waals surface area contributed by atoms with Gasteiger partial charge in [-0.15, -0.1) is 0 Å². The fourth-order valence-electron chi connectivity index (χ4n) is 2.69. The minimum absolute atomic E-state index is 0.179. The van der Waals surface area contributed by atoms with Crippen molar-refractivity contribution in [3.8, 4) is 11.8 Å². The summed E-state index contributed by atoms with van der Waals surface area (Å²) in [5, 5.41) is 15.5. The highest BCUT2D eigenvalue weighted by atomic mass is 16.5. The molecule has 0 spiro atoms. The number of para-hydroxylation sites is 1. The lowest BCUT2D eigenvalue weighted by atomic mass is 10.1. The Morgan fingerprint density at radius 3 is 2.42 bits per heavy atom. The van der Waals surface area contributed by atoms with Gasteiger partial charge in [0.05, 0.1) is 17.8 Å². The van der Waals surface area contributed by atoms with Crippen molar-refractivity contribution in [3.05, 3.63) is 95.1 Å². The number of rotatable bonds is 7. The Morgan fingerprint density at radius 2 is 1.74 bits per heavy atom. The van der Waals surface area contributed by atoms with Gasteiger partial charge in [-0.1, -0.05) is 24.3 Å². The van der Waals surface area contributed by atoms with E-state index >= 15 is 0 Å². The SMILES string of the molecule is CC(=O)Nc1ccc(C(=O)N/N=C\c2ccccc2OCc2ccc(C#N)cc2)cc1. The van der Waals surface area contributed by atoms with Crippen LogP contribution in [0.3, 0.4) is 0 Å². The lowest BCUT2D eigenvalue weighted by molar-refractivity contribution is -0.114. The molecule has 7 heteroatoms. The normalized spacial score (nSPS) is 10.3. The zero-order chi connectivity index (χ0) is 22.1. The molecule has 3 aromatic carbocycles. The van der Waals surface area contributed by atoms with E-state index in [0.29, 0.717) is 34.7 Å². The number of carbonyl (C=O) groups excluding carboxylic acids is 2. The molecule has 0 bridgehead atoms. The van der Waals surface area contributed by atoms with Gasteiger partial charge in [-0.2, -0.15) is 10.4 Å². The Balaban J connectivity index is 1.60. The first kappa shape index (κ1) is 21.3. The molecule has 2 amide bonds. The van der Waals surface area contributed by atoms with Gasteiger partial charge in [0.15, 0.2) is 0 Å². The van der Waals surface area contributed by atoms with Crippen LogP contribution in [-0.2, 0) is 11.4 Å². The van der Waals surface area contributed by atoms with Crippen molar-refractivity contribution < 1.29 is 14.3 Å². The van der Waals surface area contributed by atoms with E-state index in [1.54, 1.807) is 36.4 Å². The molecule has 0 heterocycles. The molecule has 7 nitrogen and oxygen atoms in total. The number of carbonyl (C=O) groups is 2. The molecule has 0 aliphatic carbocycles. The summed E-state index contributed by atoms with van der Waals surface area (Å²) in [5.74, 6) is 0.0630. The number of benzene rings is 3. The molecule has 154 valence electrons. The first-order valence-corrected chi connectivity index (χ1v) is 9.47. The van der Waals surface area contributed by atoms with Crippen molar-refractivity contribution in [1.82, 2.24) is 5.43 Å². The largest absolute Gasteiger partial charge is 0.488 e. The molecule has 0 aromatic heterocycles. The topological polar surface area (TPSA) is 104 Å². The number of amides is 2. The third kappa shape index (κ3) is 6.27. The van der Waals surface area contributed by atoms with Crippen LogP contribution in [0, 0.1) is 11.3 Å². The van der Waals surface area contributed by atoms with Gasteiger partial charge in [-0.3, -0.25) is 9.59 Å². The van der Waals surface area contributed by atoms with Crippen LogP contribution in [0.15, 0.2) is 77.9 Å². The number of hydrazone groups is 1. The van der Waals surface area contributed by atoms with Crippen LogP contribution in [0.4, 0.5) is 5.69 Å². The van der Waals surface area contributed by atoms with Crippen LogP contribution in [0.5, 0.6) is 5.75 Å². The fraction of sp³-hybridized carbons (Fsp3) is 0.0833. The van der Waals surface area contributed by atoms with Crippen LogP contribution >= 0.6 is 0 Å². The Bertz CT molecular complexity index is 1130. The van der Waals surface area contributed by atoms with Crippen molar-refractivity contribution in [1.29, 1.82) is 5.26 Å².